The molecular formula is C42H50N2O8. The van der Waals surface area contributed by atoms with Gasteiger partial charge in [-0.05, 0) is 77.5 Å². The molecule has 4 aromatic rings. The van der Waals surface area contributed by atoms with Crippen LogP contribution in [0.3, 0.4) is 0 Å². The van der Waals surface area contributed by atoms with Crippen LogP contribution in [0.1, 0.15) is 91.3 Å². The largest absolute Gasteiger partial charge is 0.508 e. The number of likely N-dealkylation sites (N-methyl/N-ethyl adjacent to an activating group) is 1. The molecule has 4 aromatic carbocycles. The van der Waals surface area contributed by atoms with Crippen LogP contribution >= 0.6 is 0 Å². The van der Waals surface area contributed by atoms with Gasteiger partial charge in [0.25, 0.3) is 0 Å². The van der Waals surface area contributed by atoms with Crippen molar-refractivity contribution in [3.63, 3.8) is 0 Å². The van der Waals surface area contributed by atoms with Crippen molar-refractivity contribution in [1.82, 2.24) is 10.2 Å². The van der Waals surface area contributed by atoms with E-state index in [1.54, 1.807) is 24.3 Å². The number of benzene rings is 4. The van der Waals surface area contributed by atoms with Gasteiger partial charge in [-0.15, -0.1) is 0 Å². The Morgan fingerprint density at radius 2 is 1.54 bits per heavy atom. The first-order valence-corrected chi connectivity index (χ1v) is 18.0. The Bertz CT molecular complexity index is 1750. The van der Waals surface area contributed by atoms with Crippen LogP contribution in [0, 0.1) is 0 Å². The van der Waals surface area contributed by atoms with Crippen molar-refractivity contribution in [2.45, 2.75) is 82.7 Å². The van der Waals surface area contributed by atoms with Gasteiger partial charge in [0.2, 0.25) is 5.91 Å². The number of phenolic OH excluding ortho intramolecular Hbond substituents is 1. The van der Waals surface area contributed by atoms with Gasteiger partial charge in [-0.1, -0.05) is 85.6 Å². The van der Waals surface area contributed by atoms with E-state index in [4.69, 9.17) is 14.6 Å². The van der Waals surface area contributed by atoms with Gasteiger partial charge in [-0.25, -0.2) is 0 Å². The molecule has 5 rings (SSSR count). The fourth-order valence-electron chi connectivity index (χ4n) is 6.52. The quantitative estimate of drug-likeness (QED) is 0.0703. The number of unbranched alkanes of at least 4 members (excludes halogenated alkanes) is 3. The number of ether oxygens (including phenoxy) is 2. The van der Waals surface area contributed by atoms with Gasteiger partial charge >= 0.3 is 5.97 Å². The Kier molecular flexibility index (Phi) is 14.4. The molecule has 0 aromatic heterocycles. The number of aliphatic carboxylic acids is 1. The third kappa shape index (κ3) is 11.7. The molecule has 276 valence electrons. The van der Waals surface area contributed by atoms with E-state index < -0.39 is 18.4 Å². The zero-order chi connectivity index (χ0) is 36.9. The molecule has 5 N–H and O–H groups in total. The van der Waals surface area contributed by atoms with Crippen LogP contribution in [-0.4, -0.2) is 63.4 Å². The predicted molar refractivity (Wildman–Crippen MR) is 198 cm³/mol. The molecule has 0 saturated carbocycles. The summed E-state index contributed by atoms with van der Waals surface area (Å²) in [6.45, 7) is 1.27. The van der Waals surface area contributed by atoms with Crippen molar-refractivity contribution < 1.29 is 39.5 Å². The summed E-state index contributed by atoms with van der Waals surface area (Å²) in [6.07, 6.45) is 2.26. The number of hydrogen-bond donors (Lipinski definition) is 5. The van der Waals surface area contributed by atoms with Gasteiger partial charge in [0, 0.05) is 44.5 Å². The maximum atomic E-state index is 12.4. The minimum atomic E-state index is -0.786. The first-order chi connectivity index (χ1) is 25.2. The molecule has 1 saturated heterocycles. The van der Waals surface area contributed by atoms with Crippen LogP contribution in [0.25, 0.3) is 11.1 Å². The number of aliphatic hydroxyl groups excluding tert-OH is 2. The zero-order valence-corrected chi connectivity index (χ0v) is 29.7. The number of nitrogens with zero attached hydrogens (tertiary/aromatic N) is 1. The molecule has 1 amide bonds. The van der Waals surface area contributed by atoms with Gasteiger partial charge < -0.3 is 40.1 Å². The summed E-state index contributed by atoms with van der Waals surface area (Å²) in [4.78, 5) is 25.1. The summed E-state index contributed by atoms with van der Waals surface area (Å²) >= 11 is 0. The van der Waals surface area contributed by atoms with E-state index in [1.165, 1.54) is 0 Å². The Balaban J connectivity index is 1.25. The van der Waals surface area contributed by atoms with Crippen molar-refractivity contribution in [2.75, 3.05) is 20.1 Å². The van der Waals surface area contributed by atoms with E-state index in [1.807, 2.05) is 72.6 Å². The zero-order valence-electron chi connectivity index (χ0n) is 29.7. The smallest absolute Gasteiger partial charge is 0.303 e. The van der Waals surface area contributed by atoms with Crippen LogP contribution < -0.4 is 5.32 Å². The molecule has 1 aliphatic rings. The molecule has 4 unspecified atom stereocenters. The third-order valence-corrected chi connectivity index (χ3v) is 9.32. The van der Waals surface area contributed by atoms with E-state index in [2.05, 4.69) is 17.4 Å². The molecule has 4 atom stereocenters. The van der Waals surface area contributed by atoms with Crippen molar-refractivity contribution in [3.05, 3.63) is 125 Å². The summed E-state index contributed by atoms with van der Waals surface area (Å²) < 4.78 is 13.2. The van der Waals surface area contributed by atoms with Gasteiger partial charge in [-0.2, -0.15) is 0 Å². The second-order valence-electron chi connectivity index (χ2n) is 13.6. The first kappa shape index (κ1) is 38.6. The van der Waals surface area contributed by atoms with E-state index in [-0.39, 0.29) is 36.9 Å². The van der Waals surface area contributed by atoms with Gasteiger partial charge in [-0.3, -0.25) is 9.59 Å². The monoisotopic (exact) mass is 710 g/mol. The molecule has 10 heteroatoms. The van der Waals surface area contributed by atoms with Gasteiger partial charge in [0.15, 0.2) is 6.29 Å². The number of carbonyl (C=O) groups excluding carboxylic acids is 1. The van der Waals surface area contributed by atoms with E-state index in [0.717, 1.165) is 52.6 Å². The van der Waals surface area contributed by atoms with E-state index in [9.17, 15) is 24.9 Å². The lowest BCUT2D eigenvalue weighted by Gasteiger charge is -2.38. The molecule has 1 heterocycles. The van der Waals surface area contributed by atoms with Crippen LogP contribution in [0.15, 0.2) is 97.1 Å². The molecule has 52 heavy (non-hydrogen) atoms. The number of aromatic hydroxyl groups is 1. The van der Waals surface area contributed by atoms with Crippen LogP contribution in [0.5, 0.6) is 5.75 Å². The second kappa shape index (κ2) is 19.3. The molecule has 0 aliphatic carbocycles. The summed E-state index contributed by atoms with van der Waals surface area (Å²) in [5.74, 6) is -0.696. The minimum Gasteiger partial charge on any atom is -0.508 e. The predicted octanol–water partition coefficient (Wildman–Crippen LogP) is 6.80. The molecule has 0 bridgehead atoms. The SMILES string of the molecule is CN(CC1CC(c2ccc(CO)cc2)OC(c2cccc(-c3cccc(CNC(=O)CCCCCCC(=O)O)c3)c2)O1)CC(O)c1cccc(O)c1. The lowest BCUT2D eigenvalue weighted by atomic mass is 9.98. The van der Waals surface area contributed by atoms with Crippen molar-refractivity contribution in [1.29, 1.82) is 0 Å². The highest BCUT2D eigenvalue weighted by Crippen LogP contribution is 2.39. The lowest BCUT2D eigenvalue weighted by Crippen LogP contribution is -2.39. The third-order valence-electron chi connectivity index (χ3n) is 9.32. The molecule has 0 spiro atoms. The highest BCUT2D eigenvalue weighted by Gasteiger charge is 2.33. The lowest BCUT2D eigenvalue weighted by molar-refractivity contribution is -0.252. The highest BCUT2D eigenvalue weighted by atomic mass is 16.7. The number of amides is 1. The Morgan fingerprint density at radius 3 is 2.27 bits per heavy atom. The normalized spacial score (nSPS) is 17.9. The van der Waals surface area contributed by atoms with Crippen molar-refractivity contribution in [3.8, 4) is 16.9 Å². The Morgan fingerprint density at radius 1 is 0.827 bits per heavy atom. The second-order valence-corrected chi connectivity index (χ2v) is 13.6. The molecule has 1 aliphatic heterocycles. The highest BCUT2D eigenvalue weighted by molar-refractivity contribution is 5.76. The Hall–Kier alpha value is -4.58. The van der Waals surface area contributed by atoms with Crippen LogP contribution in [0.2, 0.25) is 0 Å². The number of aliphatic hydroxyl groups is 2. The fraction of sp³-hybridized carbons (Fsp3) is 0.381. The van der Waals surface area contributed by atoms with Crippen molar-refractivity contribution >= 4 is 11.9 Å². The number of rotatable bonds is 18. The fourth-order valence-corrected chi connectivity index (χ4v) is 6.52. The average Bonchev–Trinajstić information content (AvgIpc) is 3.15. The topological polar surface area (TPSA) is 149 Å². The maximum absolute atomic E-state index is 12.4. The number of phenols is 1. The summed E-state index contributed by atoms with van der Waals surface area (Å²) in [5.41, 5.74) is 6.28. The van der Waals surface area contributed by atoms with Crippen LogP contribution in [0.4, 0.5) is 0 Å². The molecule has 10 nitrogen and oxygen atoms in total. The minimum absolute atomic E-state index is 0.0214. The molecule has 0 radical (unpaired) electrons. The van der Waals surface area contributed by atoms with E-state index >= 15 is 0 Å². The number of carbonyl (C=O) groups is 2. The average molecular weight is 711 g/mol. The summed E-state index contributed by atoms with van der Waals surface area (Å²) in [5, 5.41) is 42.1. The maximum Gasteiger partial charge on any atom is 0.303 e. The molecule has 1 fully saturated rings. The van der Waals surface area contributed by atoms with E-state index in [0.29, 0.717) is 44.5 Å². The van der Waals surface area contributed by atoms with Crippen molar-refractivity contribution in [2.24, 2.45) is 0 Å². The number of nitrogens with one attached hydrogen (secondary N) is 1. The van der Waals surface area contributed by atoms with Crippen LogP contribution in [-0.2, 0) is 32.2 Å². The first-order valence-electron chi connectivity index (χ1n) is 18.0. The molecular weight excluding hydrogens is 660 g/mol. The standard InChI is InChI=1S/C42H50N2O8/c1-44(27-38(47)34-12-8-14-36(46)23-34)26-37-24-39(31-19-17-29(28-45)18-20-31)52-42(51-37)35-13-7-11-33(22-35)32-10-6-9-30(21-32)25-43-40(48)15-4-2-3-5-16-41(49)50/h6-14,17-23,37-39,42,45-47H,2-5,15-16,24-28H2,1H3,(H,43,48)(H,49,50). The Labute approximate surface area is 305 Å². The number of carboxylic acids is 1. The number of hydrogen-bond acceptors (Lipinski definition) is 8. The summed E-state index contributed by atoms with van der Waals surface area (Å²) in [6, 6.07) is 30.5. The van der Waals surface area contributed by atoms with Gasteiger partial charge in [0.05, 0.1) is 24.9 Å². The van der Waals surface area contributed by atoms with Gasteiger partial charge in [0.1, 0.15) is 5.75 Å². The summed E-state index contributed by atoms with van der Waals surface area (Å²) in [7, 11) is 1.94. The number of carboxylic acid groups (broad SMARTS) is 1.